The third-order valence-electron chi connectivity index (χ3n) is 2.58. The second kappa shape index (κ2) is 4.92. The molecule has 0 radical (unpaired) electrons. The number of rotatable bonds is 2. The Bertz CT molecular complexity index is 571. The molecule has 0 aliphatic heterocycles. The molecule has 0 aromatic heterocycles. The molecule has 0 unspecified atom stereocenters. The lowest BCUT2D eigenvalue weighted by Crippen LogP contribution is -2.00. The maximum absolute atomic E-state index is 10.8. The molecule has 2 aromatic carbocycles. The molecule has 0 amide bonds. The van der Waals surface area contributed by atoms with Gasteiger partial charge in [0.25, 0.3) is 0 Å². The Morgan fingerprint density at radius 2 is 1.78 bits per heavy atom. The van der Waals surface area contributed by atoms with E-state index >= 15 is 0 Å². The molecule has 0 fully saturated rings. The van der Waals surface area contributed by atoms with E-state index in [1.54, 1.807) is 18.2 Å². The molecule has 0 bridgehead atoms. The number of aromatic hydroxyl groups is 1. The van der Waals surface area contributed by atoms with Crippen LogP contribution in [0.25, 0.3) is 11.1 Å². The fourth-order valence-electron chi connectivity index (χ4n) is 1.75. The van der Waals surface area contributed by atoms with E-state index in [-0.39, 0.29) is 11.7 Å². The highest BCUT2D eigenvalue weighted by atomic mass is 16.5. The Morgan fingerprint density at radius 1 is 1.11 bits per heavy atom. The lowest BCUT2D eigenvalue weighted by Gasteiger charge is -2.07. The fraction of sp³-hybridized carbons (Fsp3) is 0.133. The number of esters is 1. The molecule has 1 N–H and O–H groups in total. The third-order valence-corrected chi connectivity index (χ3v) is 2.58. The van der Waals surface area contributed by atoms with Crippen LogP contribution in [-0.2, 0) is 4.79 Å². The van der Waals surface area contributed by atoms with E-state index in [9.17, 15) is 9.90 Å². The number of ether oxygens (including phenoxy) is 1. The highest BCUT2D eigenvalue weighted by molar-refractivity contribution is 5.73. The summed E-state index contributed by atoms with van der Waals surface area (Å²) >= 11 is 0. The van der Waals surface area contributed by atoms with E-state index in [0.717, 1.165) is 16.7 Å². The largest absolute Gasteiger partial charge is 0.507 e. The Hall–Kier alpha value is -2.29. The van der Waals surface area contributed by atoms with E-state index < -0.39 is 0 Å². The molecule has 0 aliphatic carbocycles. The molecule has 3 nitrogen and oxygen atoms in total. The number of hydrogen-bond acceptors (Lipinski definition) is 3. The van der Waals surface area contributed by atoms with E-state index in [4.69, 9.17) is 4.74 Å². The molecule has 0 saturated heterocycles. The van der Waals surface area contributed by atoms with Crippen molar-refractivity contribution >= 4 is 5.97 Å². The first-order valence-electron chi connectivity index (χ1n) is 5.65. The highest BCUT2D eigenvalue weighted by Gasteiger charge is 2.05. The topological polar surface area (TPSA) is 46.5 Å². The van der Waals surface area contributed by atoms with Crippen LogP contribution >= 0.6 is 0 Å². The van der Waals surface area contributed by atoms with Crippen LogP contribution in [0.3, 0.4) is 0 Å². The second-order valence-electron chi connectivity index (χ2n) is 4.14. The smallest absolute Gasteiger partial charge is 0.308 e. The van der Waals surface area contributed by atoms with Gasteiger partial charge >= 0.3 is 5.97 Å². The molecule has 2 rings (SSSR count). The summed E-state index contributed by atoms with van der Waals surface area (Å²) in [5, 5.41) is 9.82. The van der Waals surface area contributed by atoms with Gasteiger partial charge < -0.3 is 9.84 Å². The molecular weight excluding hydrogens is 228 g/mol. The predicted octanol–water partition coefficient (Wildman–Crippen LogP) is 3.29. The molecule has 0 saturated carbocycles. The van der Waals surface area contributed by atoms with Crippen molar-refractivity contribution in [2.75, 3.05) is 0 Å². The molecule has 0 spiro atoms. The highest BCUT2D eigenvalue weighted by Crippen LogP contribution is 2.30. The maximum Gasteiger partial charge on any atom is 0.308 e. The van der Waals surface area contributed by atoms with Gasteiger partial charge in [0.2, 0.25) is 0 Å². The molecular formula is C15H14O3. The van der Waals surface area contributed by atoms with Crippen LogP contribution in [0, 0.1) is 6.92 Å². The van der Waals surface area contributed by atoms with Crippen LogP contribution in [0.2, 0.25) is 0 Å². The monoisotopic (exact) mass is 242 g/mol. The van der Waals surface area contributed by atoms with Gasteiger partial charge in [0.1, 0.15) is 11.5 Å². The number of phenolic OH excluding ortho intramolecular Hbond substituents is 1. The minimum atomic E-state index is -0.346. The number of benzene rings is 2. The third kappa shape index (κ3) is 2.69. The number of aryl methyl sites for hydroxylation is 1. The molecule has 0 heterocycles. The van der Waals surface area contributed by atoms with Crippen molar-refractivity contribution < 1.29 is 14.6 Å². The lowest BCUT2D eigenvalue weighted by molar-refractivity contribution is -0.131. The summed E-state index contributed by atoms with van der Waals surface area (Å²) < 4.78 is 4.96. The zero-order valence-corrected chi connectivity index (χ0v) is 10.3. The molecule has 2 aromatic rings. The second-order valence-corrected chi connectivity index (χ2v) is 4.14. The van der Waals surface area contributed by atoms with Crippen LogP contribution in [0.5, 0.6) is 11.5 Å². The van der Waals surface area contributed by atoms with Crippen molar-refractivity contribution in [2.24, 2.45) is 0 Å². The molecule has 0 atom stereocenters. The number of phenols is 1. The minimum Gasteiger partial charge on any atom is -0.507 e. The Morgan fingerprint density at radius 3 is 2.39 bits per heavy atom. The average Bonchev–Trinajstić information content (AvgIpc) is 2.33. The van der Waals surface area contributed by atoms with Gasteiger partial charge in [-0.15, -0.1) is 0 Å². The first-order valence-corrected chi connectivity index (χ1v) is 5.65. The zero-order chi connectivity index (χ0) is 13.1. The van der Waals surface area contributed by atoms with E-state index in [2.05, 4.69) is 0 Å². The van der Waals surface area contributed by atoms with Crippen molar-refractivity contribution in [3.8, 4) is 22.6 Å². The maximum atomic E-state index is 10.8. The summed E-state index contributed by atoms with van der Waals surface area (Å²) in [5.41, 5.74) is 2.73. The zero-order valence-electron chi connectivity index (χ0n) is 10.3. The van der Waals surface area contributed by atoms with Gasteiger partial charge in [0.05, 0.1) is 0 Å². The van der Waals surface area contributed by atoms with Gasteiger partial charge in [0, 0.05) is 12.5 Å². The molecule has 3 heteroatoms. The Labute approximate surface area is 106 Å². The summed E-state index contributed by atoms with van der Waals surface area (Å²) in [5.74, 6) is 0.389. The van der Waals surface area contributed by atoms with E-state index in [1.807, 2.05) is 31.2 Å². The van der Waals surface area contributed by atoms with Crippen molar-refractivity contribution in [1.29, 1.82) is 0 Å². The number of carbonyl (C=O) groups excluding carboxylic acids is 1. The standard InChI is InChI=1S/C15H14O3/c1-10-3-8-15(17)14(9-10)12-4-6-13(7-5-12)18-11(2)16/h3-9,17H,1-2H3. The summed E-state index contributed by atoms with van der Waals surface area (Å²) in [6, 6.07) is 12.5. The average molecular weight is 242 g/mol. The van der Waals surface area contributed by atoms with Crippen LogP contribution in [0.4, 0.5) is 0 Å². The normalized spacial score (nSPS) is 10.1. The van der Waals surface area contributed by atoms with Crippen LogP contribution < -0.4 is 4.74 Å². The summed E-state index contributed by atoms with van der Waals surface area (Å²) in [4.78, 5) is 10.8. The quantitative estimate of drug-likeness (QED) is 0.649. The van der Waals surface area contributed by atoms with Crippen LogP contribution in [0.15, 0.2) is 42.5 Å². The van der Waals surface area contributed by atoms with Gasteiger partial charge in [-0.05, 0) is 36.8 Å². The van der Waals surface area contributed by atoms with Crippen molar-refractivity contribution in [2.45, 2.75) is 13.8 Å². The van der Waals surface area contributed by atoms with Gasteiger partial charge in [-0.1, -0.05) is 23.8 Å². The van der Waals surface area contributed by atoms with Crippen molar-refractivity contribution in [3.05, 3.63) is 48.0 Å². The first-order chi connectivity index (χ1) is 8.56. The van der Waals surface area contributed by atoms with Crippen LogP contribution in [-0.4, -0.2) is 11.1 Å². The summed E-state index contributed by atoms with van der Waals surface area (Å²) in [7, 11) is 0. The number of carbonyl (C=O) groups is 1. The van der Waals surface area contributed by atoms with E-state index in [0.29, 0.717) is 5.75 Å². The molecule has 0 aliphatic rings. The van der Waals surface area contributed by atoms with Crippen LogP contribution in [0.1, 0.15) is 12.5 Å². The SMILES string of the molecule is CC(=O)Oc1ccc(-c2cc(C)ccc2O)cc1. The summed E-state index contributed by atoms with van der Waals surface area (Å²) in [6.07, 6.45) is 0. The summed E-state index contributed by atoms with van der Waals surface area (Å²) in [6.45, 7) is 3.33. The van der Waals surface area contributed by atoms with Crippen molar-refractivity contribution in [1.82, 2.24) is 0 Å². The molecule has 18 heavy (non-hydrogen) atoms. The van der Waals surface area contributed by atoms with Gasteiger partial charge in [-0.3, -0.25) is 4.79 Å². The van der Waals surface area contributed by atoms with Crippen molar-refractivity contribution in [3.63, 3.8) is 0 Å². The molecule has 92 valence electrons. The van der Waals surface area contributed by atoms with Gasteiger partial charge in [0.15, 0.2) is 0 Å². The first kappa shape index (κ1) is 12.2. The predicted molar refractivity (Wildman–Crippen MR) is 69.6 cm³/mol. The fourth-order valence-corrected chi connectivity index (χ4v) is 1.75. The minimum absolute atomic E-state index is 0.237. The Balaban J connectivity index is 2.34. The Kier molecular flexibility index (Phi) is 3.33. The van der Waals surface area contributed by atoms with Gasteiger partial charge in [-0.25, -0.2) is 0 Å². The lowest BCUT2D eigenvalue weighted by atomic mass is 10.0. The van der Waals surface area contributed by atoms with E-state index in [1.165, 1.54) is 6.92 Å². The van der Waals surface area contributed by atoms with Gasteiger partial charge in [-0.2, -0.15) is 0 Å². The number of hydrogen-bond donors (Lipinski definition) is 1.